The first-order valence-electron chi connectivity index (χ1n) is 8.27. The summed E-state index contributed by atoms with van der Waals surface area (Å²) in [6, 6.07) is 9.87. The molecule has 0 aliphatic heterocycles. The van der Waals surface area contributed by atoms with Crippen molar-refractivity contribution in [1.82, 2.24) is 10.3 Å². The van der Waals surface area contributed by atoms with E-state index < -0.39 is 0 Å². The molecule has 0 saturated heterocycles. The number of aromatic nitrogens is 1. The summed E-state index contributed by atoms with van der Waals surface area (Å²) in [5.41, 5.74) is 1.52. The quantitative estimate of drug-likeness (QED) is 0.777. The number of carbonyl (C=O) groups is 1. The first-order valence-corrected chi connectivity index (χ1v) is 8.27. The van der Waals surface area contributed by atoms with Gasteiger partial charge in [0.1, 0.15) is 11.6 Å². The molecule has 0 aliphatic rings. The maximum absolute atomic E-state index is 12.8. The number of amides is 1. The Labute approximate surface area is 142 Å². The second-order valence-electron chi connectivity index (χ2n) is 6.17. The fourth-order valence-electron chi connectivity index (χ4n) is 2.20. The summed E-state index contributed by atoms with van der Waals surface area (Å²) in [6.07, 6.45) is 3.31. The summed E-state index contributed by atoms with van der Waals surface area (Å²) in [7, 11) is 0. The molecule has 0 atom stereocenters. The smallest absolute Gasteiger partial charge is 0.252 e. The molecule has 1 amide bonds. The van der Waals surface area contributed by atoms with Crippen molar-refractivity contribution in [2.75, 3.05) is 18.4 Å². The number of hydrogen-bond acceptors (Lipinski definition) is 3. The van der Waals surface area contributed by atoms with Crippen molar-refractivity contribution in [3.63, 3.8) is 0 Å². The Morgan fingerprint density at radius 2 is 1.88 bits per heavy atom. The molecule has 0 saturated carbocycles. The number of anilines is 1. The minimum Gasteiger partial charge on any atom is -0.370 e. The molecular formula is C19H24FN3O. The average Bonchev–Trinajstić information content (AvgIpc) is 2.57. The molecule has 2 N–H and O–H groups in total. The number of carbonyl (C=O) groups excluding carboxylic acids is 1. The lowest BCUT2D eigenvalue weighted by Crippen LogP contribution is -2.25. The predicted octanol–water partition coefficient (Wildman–Crippen LogP) is 3.65. The minimum absolute atomic E-state index is 0.154. The first-order chi connectivity index (χ1) is 11.5. The second-order valence-corrected chi connectivity index (χ2v) is 6.17. The van der Waals surface area contributed by atoms with Gasteiger partial charge < -0.3 is 10.6 Å². The number of rotatable bonds is 8. The standard InChI is InChI=1S/C19H24FN3O/c1-14(2)9-11-21-18-8-5-16(13-23-18)19(24)22-12-10-15-3-6-17(20)7-4-15/h3-8,13-14H,9-12H2,1-2H3,(H,21,23)(H,22,24). The lowest BCUT2D eigenvalue weighted by atomic mass is 10.1. The first kappa shape index (κ1) is 17.9. The molecule has 2 rings (SSSR count). The Morgan fingerprint density at radius 1 is 1.12 bits per heavy atom. The highest BCUT2D eigenvalue weighted by Gasteiger charge is 2.06. The van der Waals surface area contributed by atoms with Crippen LogP contribution >= 0.6 is 0 Å². The van der Waals surface area contributed by atoms with Crippen LogP contribution < -0.4 is 10.6 Å². The van der Waals surface area contributed by atoms with Gasteiger partial charge in [-0.2, -0.15) is 0 Å². The Bertz CT molecular complexity index is 639. The molecule has 1 aromatic carbocycles. The van der Waals surface area contributed by atoms with Crippen molar-refractivity contribution in [3.8, 4) is 0 Å². The molecule has 0 fully saturated rings. The lowest BCUT2D eigenvalue weighted by Gasteiger charge is -2.09. The van der Waals surface area contributed by atoms with Gasteiger partial charge in [0.15, 0.2) is 0 Å². The maximum atomic E-state index is 12.8. The van der Waals surface area contributed by atoms with E-state index in [1.807, 2.05) is 6.07 Å². The van der Waals surface area contributed by atoms with Crippen molar-refractivity contribution >= 4 is 11.7 Å². The van der Waals surface area contributed by atoms with Crippen LogP contribution in [-0.2, 0) is 6.42 Å². The van der Waals surface area contributed by atoms with Gasteiger partial charge in [-0.15, -0.1) is 0 Å². The molecule has 0 unspecified atom stereocenters. The molecule has 128 valence electrons. The Hall–Kier alpha value is -2.43. The van der Waals surface area contributed by atoms with Crippen LogP contribution in [0, 0.1) is 11.7 Å². The molecule has 0 aliphatic carbocycles. The van der Waals surface area contributed by atoms with Crippen molar-refractivity contribution in [2.24, 2.45) is 5.92 Å². The van der Waals surface area contributed by atoms with E-state index in [1.54, 1.807) is 24.4 Å². The Morgan fingerprint density at radius 3 is 2.50 bits per heavy atom. The normalized spacial score (nSPS) is 10.7. The monoisotopic (exact) mass is 329 g/mol. The summed E-state index contributed by atoms with van der Waals surface area (Å²) in [5.74, 6) is 1.01. The van der Waals surface area contributed by atoms with Crippen LogP contribution in [0.2, 0.25) is 0 Å². The zero-order chi connectivity index (χ0) is 17.4. The zero-order valence-electron chi connectivity index (χ0n) is 14.2. The molecule has 0 bridgehead atoms. The van der Waals surface area contributed by atoms with Gasteiger partial charge in [-0.3, -0.25) is 4.79 Å². The molecule has 4 nitrogen and oxygen atoms in total. The molecule has 24 heavy (non-hydrogen) atoms. The van der Waals surface area contributed by atoms with Crippen molar-refractivity contribution < 1.29 is 9.18 Å². The third-order valence-corrected chi connectivity index (χ3v) is 3.67. The van der Waals surface area contributed by atoms with Gasteiger partial charge in [-0.05, 0) is 48.6 Å². The highest BCUT2D eigenvalue weighted by molar-refractivity contribution is 5.94. The molecule has 2 aromatic rings. The topological polar surface area (TPSA) is 54.0 Å². The van der Waals surface area contributed by atoms with E-state index in [0.717, 1.165) is 24.3 Å². The summed E-state index contributed by atoms with van der Waals surface area (Å²) in [4.78, 5) is 16.3. The molecule has 0 radical (unpaired) electrons. The summed E-state index contributed by atoms with van der Waals surface area (Å²) >= 11 is 0. The van der Waals surface area contributed by atoms with Gasteiger partial charge in [-0.25, -0.2) is 9.37 Å². The van der Waals surface area contributed by atoms with Crippen LogP contribution in [0.5, 0.6) is 0 Å². The largest absolute Gasteiger partial charge is 0.370 e. The van der Waals surface area contributed by atoms with Gasteiger partial charge in [-0.1, -0.05) is 26.0 Å². The van der Waals surface area contributed by atoms with Gasteiger partial charge in [0.25, 0.3) is 5.91 Å². The van der Waals surface area contributed by atoms with Gasteiger partial charge >= 0.3 is 0 Å². The van der Waals surface area contributed by atoms with Crippen molar-refractivity contribution in [3.05, 3.63) is 59.5 Å². The van der Waals surface area contributed by atoms with Crippen LogP contribution in [-0.4, -0.2) is 24.0 Å². The molecule has 1 aromatic heterocycles. The lowest BCUT2D eigenvalue weighted by molar-refractivity contribution is 0.0954. The number of pyridine rings is 1. The Kier molecular flexibility index (Phi) is 6.73. The summed E-state index contributed by atoms with van der Waals surface area (Å²) < 4.78 is 12.8. The third-order valence-electron chi connectivity index (χ3n) is 3.67. The predicted molar refractivity (Wildman–Crippen MR) is 94.6 cm³/mol. The zero-order valence-corrected chi connectivity index (χ0v) is 14.2. The SMILES string of the molecule is CC(C)CCNc1ccc(C(=O)NCCc2ccc(F)cc2)cn1. The number of nitrogens with zero attached hydrogens (tertiary/aromatic N) is 1. The van der Waals surface area contributed by atoms with E-state index in [-0.39, 0.29) is 11.7 Å². The second kappa shape index (κ2) is 9.01. The number of halogens is 1. The van der Waals surface area contributed by atoms with Crippen LogP contribution in [0.3, 0.4) is 0 Å². The minimum atomic E-state index is -0.254. The van der Waals surface area contributed by atoms with Crippen LogP contribution in [0.15, 0.2) is 42.6 Å². The highest BCUT2D eigenvalue weighted by atomic mass is 19.1. The van der Waals surface area contributed by atoms with E-state index >= 15 is 0 Å². The number of benzene rings is 1. The molecule has 1 heterocycles. The fourth-order valence-corrected chi connectivity index (χ4v) is 2.20. The van der Waals surface area contributed by atoms with Gasteiger partial charge in [0, 0.05) is 19.3 Å². The number of hydrogen-bond donors (Lipinski definition) is 2. The van der Waals surface area contributed by atoms with E-state index in [0.29, 0.717) is 24.4 Å². The van der Waals surface area contributed by atoms with E-state index in [4.69, 9.17) is 0 Å². The van der Waals surface area contributed by atoms with Gasteiger partial charge in [0.05, 0.1) is 5.56 Å². The van der Waals surface area contributed by atoms with Crippen LogP contribution in [0.4, 0.5) is 10.2 Å². The summed E-state index contributed by atoms with van der Waals surface area (Å²) in [6.45, 7) is 5.72. The average molecular weight is 329 g/mol. The molecule has 5 heteroatoms. The molecular weight excluding hydrogens is 305 g/mol. The number of nitrogens with one attached hydrogen (secondary N) is 2. The highest BCUT2D eigenvalue weighted by Crippen LogP contribution is 2.07. The van der Waals surface area contributed by atoms with E-state index in [2.05, 4.69) is 29.5 Å². The third kappa shape index (κ3) is 5.99. The Balaban J connectivity index is 1.76. The van der Waals surface area contributed by atoms with Crippen LogP contribution in [0.1, 0.15) is 36.2 Å². The molecule has 0 spiro atoms. The fraction of sp³-hybridized carbons (Fsp3) is 0.368. The van der Waals surface area contributed by atoms with Crippen LogP contribution in [0.25, 0.3) is 0 Å². The van der Waals surface area contributed by atoms with Crippen molar-refractivity contribution in [2.45, 2.75) is 26.7 Å². The van der Waals surface area contributed by atoms with Gasteiger partial charge in [0.2, 0.25) is 0 Å². The van der Waals surface area contributed by atoms with E-state index in [1.165, 1.54) is 12.1 Å². The summed E-state index contributed by atoms with van der Waals surface area (Å²) in [5, 5.41) is 6.08. The van der Waals surface area contributed by atoms with Crippen molar-refractivity contribution in [1.29, 1.82) is 0 Å². The maximum Gasteiger partial charge on any atom is 0.252 e. The van der Waals surface area contributed by atoms with E-state index in [9.17, 15) is 9.18 Å².